The zero-order valence-electron chi connectivity index (χ0n) is 13.7. The fourth-order valence-corrected chi connectivity index (χ4v) is 3.22. The highest BCUT2D eigenvalue weighted by Gasteiger charge is 2.24. The van der Waals surface area contributed by atoms with Crippen LogP contribution in [0.3, 0.4) is 0 Å². The van der Waals surface area contributed by atoms with Gasteiger partial charge in [0.25, 0.3) is 0 Å². The lowest BCUT2D eigenvalue weighted by Crippen LogP contribution is -2.43. The molecule has 2 N–H and O–H groups in total. The monoisotopic (exact) mass is 290 g/mol. The second-order valence-electron chi connectivity index (χ2n) is 6.39. The summed E-state index contributed by atoms with van der Waals surface area (Å²) < 4.78 is 0. The highest BCUT2D eigenvalue weighted by atomic mass is 16.3. The van der Waals surface area contributed by atoms with Gasteiger partial charge in [0.2, 0.25) is 0 Å². The topological polar surface area (TPSA) is 35.5 Å². The van der Waals surface area contributed by atoms with E-state index in [1.165, 1.54) is 11.1 Å². The van der Waals surface area contributed by atoms with Crippen LogP contribution in [0, 0.1) is 12.8 Å². The smallest absolute Gasteiger partial charge is 0.0693 e. The van der Waals surface area contributed by atoms with Gasteiger partial charge in [-0.3, -0.25) is 0 Å². The Labute approximate surface area is 129 Å². The number of likely N-dealkylation sites (tertiary alicyclic amines) is 1. The summed E-state index contributed by atoms with van der Waals surface area (Å²) in [7, 11) is 0. The van der Waals surface area contributed by atoms with E-state index < -0.39 is 0 Å². The second-order valence-corrected chi connectivity index (χ2v) is 6.39. The molecule has 1 aliphatic rings. The second kappa shape index (κ2) is 7.92. The van der Waals surface area contributed by atoms with Crippen LogP contribution in [0.4, 0.5) is 0 Å². The van der Waals surface area contributed by atoms with Crippen molar-refractivity contribution in [3.8, 4) is 0 Å². The fraction of sp³-hybridized carbons (Fsp3) is 0.667. The Balaban J connectivity index is 1.93. The van der Waals surface area contributed by atoms with Gasteiger partial charge in [-0.15, -0.1) is 0 Å². The molecule has 2 rings (SSSR count). The van der Waals surface area contributed by atoms with Crippen LogP contribution in [-0.2, 0) is 0 Å². The molecule has 3 heteroatoms. The molecule has 0 spiro atoms. The molecular weight excluding hydrogens is 260 g/mol. The first-order valence-corrected chi connectivity index (χ1v) is 8.31. The van der Waals surface area contributed by atoms with E-state index in [9.17, 15) is 5.11 Å². The highest BCUT2D eigenvalue weighted by Crippen LogP contribution is 2.23. The van der Waals surface area contributed by atoms with Gasteiger partial charge >= 0.3 is 0 Å². The summed E-state index contributed by atoms with van der Waals surface area (Å²) in [5.74, 6) is 0.446. The summed E-state index contributed by atoms with van der Waals surface area (Å²) in [5.41, 5.74) is 2.76. The van der Waals surface area contributed by atoms with E-state index in [1.807, 2.05) is 0 Å². The molecule has 21 heavy (non-hydrogen) atoms. The van der Waals surface area contributed by atoms with Crippen molar-refractivity contribution in [1.82, 2.24) is 10.2 Å². The van der Waals surface area contributed by atoms with Crippen molar-refractivity contribution in [2.45, 2.75) is 45.8 Å². The van der Waals surface area contributed by atoms with Crippen LogP contribution in [0.1, 0.15) is 43.9 Å². The molecule has 0 saturated carbocycles. The summed E-state index contributed by atoms with van der Waals surface area (Å²) in [6.45, 7) is 10.5. The van der Waals surface area contributed by atoms with Crippen LogP contribution in [0.5, 0.6) is 0 Å². The summed E-state index contributed by atoms with van der Waals surface area (Å²) in [5, 5.41) is 13.6. The van der Waals surface area contributed by atoms with Gasteiger partial charge in [-0.1, -0.05) is 38.1 Å². The van der Waals surface area contributed by atoms with Gasteiger partial charge in [0.15, 0.2) is 0 Å². The van der Waals surface area contributed by atoms with Gasteiger partial charge in [0, 0.05) is 19.1 Å². The molecule has 1 aromatic rings. The van der Waals surface area contributed by atoms with Crippen LogP contribution in [-0.4, -0.2) is 42.3 Å². The number of hydrogen-bond acceptors (Lipinski definition) is 3. The molecular formula is C18H30N2O. The van der Waals surface area contributed by atoms with Crippen molar-refractivity contribution in [3.05, 3.63) is 35.4 Å². The van der Waals surface area contributed by atoms with Crippen molar-refractivity contribution >= 4 is 0 Å². The number of rotatable bonds is 6. The normalized spacial score (nSPS) is 25.0. The lowest BCUT2D eigenvalue weighted by Gasteiger charge is -2.35. The Morgan fingerprint density at radius 1 is 1.38 bits per heavy atom. The molecule has 3 nitrogen and oxygen atoms in total. The van der Waals surface area contributed by atoms with Crippen LogP contribution < -0.4 is 5.32 Å². The van der Waals surface area contributed by atoms with E-state index in [2.05, 4.69) is 55.3 Å². The number of hydrogen-bond donors (Lipinski definition) is 2. The molecule has 3 atom stereocenters. The Kier molecular flexibility index (Phi) is 6.22. The maximum absolute atomic E-state index is 10.0. The van der Waals surface area contributed by atoms with Crippen molar-refractivity contribution in [1.29, 1.82) is 0 Å². The number of piperidine rings is 1. The molecule has 1 heterocycles. The molecule has 1 fully saturated rings. The van der Waals surface area contributed by atoms with E-state index in [0.29, 0.717) is 12.0 Å². The molecule has 0 amide bonds. The van der Waals surface area contributed by atoms with E-state index in [1.54, 1.807) is 0 Å². The number of aryl methyl sites for hydroxylation is 1. The summed E-state index contributed by atoms with van der Waals surface area (Å²) >= 11 is 0. The predicted octanol–water partition coefficient (Wildman–Crippen LogP) is 2.74. The van der Waals surface area contributed by atoms with Crippen molar-refractivity contribution in [2.75, 3.05) is 26.2 Å². The fourth-order valence-electron chi connectivity index (χ4n) is 3.22. The highest BCUT2D eigenvalue weighted by molar-refractivity contribution is 5.28. The molecule has 0 radical (unpaired) electrons. The first kappa shape index (κ1) is 16.5. The average Bonchev–Trinajstić information content (AvgIpc) is 2.48. The molecule has 1 aromatic carbocycles. The lowest BCUT2D eigenvalue weighted by molar-refractivity contribution is 0.0278. The summed E-state index contributed by atoms with van der Waals surface area (Å²) in [4.78, 5) is 2.41. The number of nitrogens with zero attached hydrogens (tertiary/aromatic N) is 1. The third kappa shape index (κ3) is 4.53. The summed E-state index contributed by atoms with van der Waals surface area (Å²) in [6, 6.07) is 9.05. The molecule has 0 aromatic heterocycles. The van der Waals surface area contributed by atoms with Crippen molar-refractivity contribution in [3.63, 3.8) is 0 Å². The van der Waals surface area contributed by atoms with Crippen molar-refractivity contribution < 1.29 is 5.11 Å². The predicted molar refractivity (Wildman–Crippen MR) is 88.4 cm³/mol. The summed E-state index contributed by atoms with van der Waals surface area (Å²) in [6.07, 6.45) is 2.05. The third-order valence-corrected chi connectivity index (χ3v) is 4.75. The first-order valence-electron chi connectivity index (χ1n) is 8.31. The van der Waals surface area contributed by atoms with Gasteiger partial charge in [-0.25, -0.2) is 0 Å². The van der Waals surface area contributed by atoms with Crippen LogP contribution >= 0.6 is 0 Å². The van der Waals surface area contributed by atoms with E-state index in [0.717, 1.165) is 39.0 Å². The van der Waals surface area contributed by atoms with Crippen LogP contribution in [0.2, 0.25) is 0 Å². The molecule has 3 unspecified atom stereocenters. The molecule has 118 valence electrons. The van der Waals surface area contributed by atoms with E-state index >= 15 is 0 Å². The number of β-amino-alcohol motifs (C(OH)–C–C–N with tert-alkyl or cyclic N) is 1. The molecule has 1 aliphatic heterocycles. The van der Waals surface area contributed by atoms with Crippen LogP contribution in [0.15, 0.2) is 24.3 Å². The SMILES string of the molecule is CCNC(CCN1CCC(C)C(O)C1)c1ccccc1C. The van der Waals surface area contributed by atoms with Gasteiger partial charge < -0.3 is 15.3 Å². The van der Waals surface area contributed by atoms with E-state index in [-0.39, 0.29) is 6.10 Å². The quantitative estimate of drug-likeness (QED) is 0.845. The van der Waals surface area contributed by atoms with Crippen LogP contribution in [0.25, 0.3) is 0 Å². The minimum absolute atomic E-state index is 0.158. The minimum Gasteiger partial charge on any atom is -0.392 e. The van der Waals surface area contributed by atoms with E-state index in [4.69, 9.17) is 0 Å². The van der Waals surface area contributed by atoms with Crippen molar-refractivity contribution in [2.24, 2.45) is 5.92 Å². The maximum atomic E-state index is 10.0. The zero-order chi connectivity index (χ0) is 15.2. The minimum atomic E-state index is -0.158. The molecule has 1 saturated heterocycles. The number of aliphatic hydroxyl groups is 1. The van der Waals surface area contributed by atoms with Gasteiger partial charge in [0.05, 0.1) is 6.10 Å². The maximum Gasteiger partial charge on any atom is 0.0693 e. The molecule has 0 aliphatic carbocycles. The Hall–Kier alpha value is -0.900. The number of benzene rings is 1. The zero-order valence-corrected chi connectivity index (χ0v) is 13.7. The van der Waals surface area contributed by atoms with Gasteiger partial charge in [-0.05, 0) is 49.9 Å². The Morgan fingerprint density at radius 3 is 2.81 bits per heavy atom. The molecule has 0 bridgehead atoms. The van der Waals surface area contributed by atoms with Gasteiger partial charge in [0.1, 0.15) is 0 Å². The number of aliphatic hydroxyl groups excluding tert-OH is 1. The average molecular weight is 290 g/mol. The number of nitrogens with one attached hydrogen (secondary N) is 1. The standard InChI is InChI=1S/C18H30N2O/c1-4-19-17(16-8-6-5-7-14(16)2)10-12-20-11-9-15(3)18(21)13-20/h5-8,15,17-19,21H,4,9-13H2,1-3H3. The lowest BCUT2D eigenvalue weighted by atomic mass is 9.94. The third-order valence-electron chi connectivity index (χ3n) is 4.75. The Bertz CT molecular complexity index is 435. The van der Waals surface area contributed by atoms with Gasteiger partial charge in [-0.2, -0.15) is 0 Å². The largest absolute Gasteiger partial charge is 0.392 e. The Morgan fingerprint density at radius 2 is 2.14 bits per heavy atom. The first-order chi connectivity index (χ1) is 10.1.